The SMILES string of the molecule is CCCC(C)(NCC(=O)C(C)(CC)NC(COC(=O)NCCC(=O)NCCNC(=O)COCC(=O)NCCC[C@@]1(c2ccccc2)SC(c2cc(F)ccc2F)=NN1C(=O)N(C)OC)C(=O)NC(C)(C)CCOC(C)(C)C)C(=O)CCNC(=O)CC(C)(C)C. The normalized spacial score (nSPS) is 16.0. The van der Waals surface area contributed by atoms with Gasteiger partial charge in [0.25, 0.3) is 0 Å². The van der Waals surface area contributed by atoms with Gasteiger partial charge in [0, 0.05) is 76.7 Å². The van der Waals surface area contributed by atoms with Crippen LogP contribution in [0.5, 0.6) is 0 Å². The molecule has 24 nitrogen and oxygen atoms in total. The lowest BCUT2D eigenvalue weighted by atomic mass is 9.87. The highest BCUT2D eigenvalue weighted by Crippen LogP contribution is 2.51. The van der Waals surface area contributed by atoms with Crippen molar-refractivity contribution in [2.75, 3.05) is 79.9 Å². The number of benzene rings is 2. The summed E-state index contributed by atoms with van der Waals surface area (Å²) in [6, 6.07) is 9.90. The van der Waals surface area contributed by atoms with Gasteiger partial charge in [0.1, 0.15) is 47.4 Å². The van der Waals surface area contributed by atoms with Crippen LogP contribution in [-0.2, 0) is 57.5 Å². The predicted octanol–water partition coefficient (Wildman–Crippen LogP) is 5.86. The van der Waals surface area contributed by atoms with E-state index in [1.54, 1.807) is 51.1 Å². The minimum Gasteiger partial charge on any atom is -0.447 e. The first-order valence-electron chi connectivity index (χ1n) is 30.1. The molecule has 3 unspecified atom stereocenters. The van der Waals surface area contributed by atoms with Crippen molar-refractivity contribution in [2.24, 2.45) is 10.5 Å². The van der Waals surface area contributed by atoms with E-state index in [0.717, 1.165) is 40.0 Å². The summed E-state index contributed by atoms with van der Waals surface area (Å²) in [6.07, 6.45) is 1.42. The Hall–Kier alpha value is -6.65. The second kappa shape index (κ2) is 35.7. The molecule has 0 bridgehead atoms. The topological polar surface area (TPSA) is 306 Å². The van der Waals surface area contributed by atoms with Gasteiger partial charge < -0.3 is 46.1 Å². The first kappa shape index (κ1) is 76.6. The van der Waals surface area contributed by atoms with Crippen molar-refractivity contribution in [1.82, 2.24) is 52.6 Å². The fraction of sp³-hybridized carbons (Fsp3) is 0.645. The summed E-state index contributed by atoms with van der Waals surface area (Å²) >= 11 is 1.06. The molecule has 2 aromatic carbocycles. The van der Waals surface area contributed by atoms with E-state index in [9.17, 15) is 47.5 Å². The number of alkyl carbamates (subject to hydrolysis) is 1. The Balaban J connectivity index is 1.49. The number of carbonyl (C=O) groups excluding carboxylic acids is 9. The third-order valence-electron chi connectivity index (χ3n) is 14.4. The lowest BCUT2D eigenvalue weighted by Crippen LogP contribution is -2.63. The van der Waals surface area contributed by atoms with Crippen molar-refractivity contribution in [1.29, 1.82) is 0 Å². The van der Waals surface area contributed by atoms with Crippen LogP contribution < -0.4 is 42.5 Å². The van der Waals surface area contributed by atoms with Crippen molar-refractivity contribution in [2.45, 2.75) is 174 Å². The van der Waals surface area contributed by atoms with Crippen LogP contribution in [0.25, 0.3) is 0 Å². The van der Waals surface area contributed by atoms with Gasteiger partial charge >= 0.3 is 12.1 Å². The van der Waals surface area contributed by atoms with Gasteiger partial charge in [0.15, 0.2) is 11.6 Å². The van der Waals surface area contributed by atoms with Crippen molar-refractivity contribution in [3.8, 4) is 0 Å². The summed E-state index contributed by atoms with van der Waals surface area (Å²) in [4.78, 5) is 123. The number of halogens is 2. The average Bonchev–Trinajstić information content (AvgIpc) is 1.64. The van der Waals surface area contributed by atoms with E-state index >= 15 is 4.39 Å². The molecule has 8 amide bonds. The summed E-state index contributed by atoms with van der Waals surface area (Å²) in [5, 5.41) is 29.2. The maximum Gasteiger partial charge on any atom is 0.407 e. The molecule has 8 N–H and O–H groups in total. The van der Waals surface area contributed by atoms with Gasteiger partial charge in [0.2, 0.25) is 29.5 Å². The van der Waals surface area contributed by atoms with Gasteiger partial charge in [-0.1, -0.05) is 83.1 Å². The smallest absolute Gasteiger partial charge is 0.407 e. The Labute approximate surface area is 527 Å². The Morgan fingerprint density at radius 1 is 0.730 bits per heavy atom. The molecular formula is C62H97F2N11O13S. The molecule has 0 aromatic heterocycles. The molecule has 0 saturated carbocycles. The number of amides is 8. The number of rotatable bonds is 38. The van der Waals surface area contributed by atoms with Crippen LogP contribution in [0.1, 0.15) is 152 Å². The lowest BCUT2D eigenvalue weighted by Gasteiger charge is -2.37. The number of ether oxygens (including phenoxy) is 3. The summed E-state index contributed by atoms with van der Waals surface area (Å²) in [5.41, 5.74) is -3.36. The zero-order chi connectivity index (χ0) is 66.8. The van der Waals surface area contributed by atoms with Crippen LogP contribution in [0, 0.1) is 17.0 Å². The number of urea groups is 1. The Morgan fingerprint density at radius 2 is 1.35 bits per heavy atom. The molecule has 27 heteroatoms. The third-order valence-corrected chi connectivity index (χ3v) is 15.8. The zero-order valence-corrected chi connectivity index (χ0v) is 55.3. The quantitative estimate of drug-likeness (QED) is 0.0288. The van der Waals surface area contributed by atoms with E-state index in [0.29, 0.717) is 37.9 Å². The minimum absolute atomic E-state index is 0.00888. The highest BCUT2D eigenvalue weighted by atomic mass is 32.2. The van der Waals surface area contributed by atoms with E-state index in [1.165, 1.54) is 14.2 Å². The fourth-order valence-corrected chi connectivity index (χ4v) is 10.5. The van der Waals surface area contributed by atoms with Crippen molar-refractivity contribution in [3.05, 3.63) is 71.3 Å². The molecule has 2 aromatic rings. The number of Topliss-reactive ketones (excluding diaryl/α,β-unsaturated/α-hetero) is 2. The summed E-state index contributed by atoms with van der Waals surface area (Å²) in [7, 11) is 2.68. The first-order valence-corrected chi connectivity index (χ1v) is 30.9. The molecule has 0 aliphatic carbocycles. The number of hydrogen-bond acceptors (Lipinski definition) is 17. The van der Waals surface area contributed by atoms with Gasteiger partial charge in [-0.05, 0) is 110 Å². The first-order chi connectivity index (χ1) is 41.6. The van der Waals surface area contributed by atoms with E-state index in [2.05, 4.69) is 47.6 Å². The van der Waals surface area contributed by atoms with Gasteiger partial charge in [-0.15, -0.1) is 0 Å². The maximum absolute atomic E-state index is 15.0. The van der Waals surface area contributed by atoms with Crippen molar-refractivity contribution < 1.29 is 71.0 Å². The molecule has 0 saturated heterocycles. The summed E-state index contributed by atoms with van der Waals surface area (Å²) in [5.74, 6) is -4.23. The number of hydrazone groups is 1. The number of hydroxylamine groups is 2. The number of hydrogen-bond donors (Lipinski definition) is 8. The van der Waals surface area contributed by atoms with E-state index in [1.807, 2.05) is 62.3 Å². The number of nitrogens with one attached hydrogen (secondary N) is 8. The molecule has 3 rings (SSSR count). The largest absolute Gasteiger partial charge is 0.447 e. The molecule has 89 heavy (non-hydrogen) atoms. The highest BCUT2D eigenvalue weighted by molar-refractivity contribution is 8.15. The van der Waals surface area contributed by atoms with Crippen LogP contribution in [0.3, 0.4) is 0 Å². The Morgan fingerprint density at radius 3 is 1.96 bits per heavy atom. The Bertz CT molecular complexity index is 2750. The van der Waals surface area contributed by atoms with Gasteiger partial charge in [-0.25, -0.2) is 23.4 Å². The van der Waals surface area contributed by atoms with Crippen LogP contribution in [-0.4, -0.2) is 176 Å². The molecule has 1 heterocycles. The molecule has 0 spiro atoms. The third kappa shape index (κ3) is 26.4. The molecule has 1 aliphatic heterocycles. The van der Waals surface area contributed by atoms with Crippen LogP contribution >= 0.6 is 11.8 Å². The number of thioether (sulfide) groups is 1. The van der Waals surface area contributed by atoms with Crippen LogP contribution in [0.2, 0.25) is 0 Å². The summed E-state index contributed by atoms with van der Waals surface area (Å²) in [6.45, 7) is 21.1. The number of ketones is 2. The van der Waals surface area contributed by atoms with Crippen molar-refractivity contribution in [3.63, 3.8) is 0 Å². The van der Waals surface area contributed by atoms with E-state index in [-0.39, 0.29) is 105 Å². The summed E-state index contributed by atoms with van der Waals surface area (Å²) < 4.78 is 46.1. The molecule has 0 fully saturated rings. The lowest BCUT2D eigenvalue weighted by molar-refractivity contribution is -0.132. The van der Waals surface area contributed by atoms with Crippen molar-refractivity contribution >= 4 is 70.0 Å². The minimum atomic E-state index is -1.35. The van der Waals surface area contributed by atoms with Gasteiger partial charge in [-0.3, -0.25) is 49.0 Å². The predicted molar refractivity (Wildman–Crippen MR) is 335 cm³/mol. The second-order valence-electron chi connectivity index (χ2n) is 25.1. The molecule has 498 valence electrons. The maximum atomic E-state index is 15.0. The van der Waals surface area contributed by atoms with E-state index < -0.39 is 100 Å². The van der Waals surface area contributed by atoms with Gasteiger partial charge in [-0.2, -0.15) is 10.1 Å². The fourth-order valence-electron chi connectivity index (χ4n) is 9.10. The van der Waals surface area contributed by atoms with Crippen LogP contribution in [0.4, 0.5) is 18.4 Å². The monoisotopic (exact) mass is 1270 g/mol. The highest BCUT2D eigenvalue weighted by Gasteiger charge is 2.50. The van der Waals surface area contributed by atoms with Crippen LogP contribution in [0.15, 0.2) is 53.6 Å². The molecule has 1 aliphatic rings. The number of carbonyl (C=O) groups is 9. The second-order valence-corrected chi connectivity index (χ2v) is 26.3. The van der Waals surface area contributed by atoms with E-state index in [4.69, 9.17) is 19.0 Å². The average molecular weight is 1270 g/mol. The Kier molecular flexibility index (Phi) is 30.7. The molecular weight excluding hydrogens is 1180 g/mol. The molecule has 4 atom stereocenters. The van der Waals surface area contributed by atoms with Gasteiger partial charge in [0.05, 0.1) is 30.3 Å². The number of nitrogens with zero attached hydrogens (tertiary/aromatic N) is 3. The standard InChI is InChI=1S/C62H97F2N11O13S/c1-15-27-61(12,47(76)25-31-66-50(79)37-57(3,4)5)70-38-48(77)60(11,16-2)71-46(53(82)72-59(9,10)29-35-88-58(6,7)8)39-87-55(83)69-32-26-49(78)67-33-34-68-52(81)41-86-40-51(80)65-30-20-28-62(42-21-18-17-19-22-42)75(56(84)74(13)85-14)73-54(89-62)44-36-43(63)23-24-45(44)64/h17-19,21-24,36,46,70-71H,15-16,20,25-35,37-41H2,1-14H3,(H,65,80)(H,66,79)(H,67,78)(H,68,81)(H,69,83)(H,72,82)/t46?,60?,61?,62-/m0/s1. The molecule has 0 radical (unpaired) electrons. The zero-order valence-electron chi connectivity index (χ0n) is 54.4.